The van der Waals surface area contributed by atoms with Gasteiger partial charge in [-0.05, 0) is 12.1 Å². The smallest absolute Gasteiger partial charge is 0.282 e. The van der Waals surface area contributed by atoms with Gasteiger partial charge in [0, 0.05) is 25.2 Å². The van der Waals surface area contributed by atoms with E-state index in [-0.39, 0.29) is 17.8 Å². The zero-order valence-electron chi connectivity index (χ0n) is 13.7. The molecule has 7 heteroatoms. The summed E-state index contributed by atoms with van der Waals surface area (Å²) in [6, 6.07) is 11.2. The highest BCUT2D eigenvalue weighted by atomic mass is 16.6. The van der Waals surface area contributed by atoms with E-state index in [1.165, 1.54) is 37.3 Å². The Morgan fingerprint density at radius 1 is 1.12 bits per heavy atom. The van der Waals surface area contributed by atoms with Gasteiger partial charge in [0.15, 0.2) is 11.5 Å². The second-order valence-corrected chi connectivity index (χ2v) is 5.09. The Bertz CT molecular complexity index is 760. The number of benzene rings is 2. The van der Waals surface area contributed by atoms with Crippen LogP contribution in [0.5, 0.6) is 11.5 Å². The van der Waals surface area contributed by atoms with E-state index >= 15 is 0 Å². The van der Waals surface area contributed by atoms with E-state index < -0.39 is 10.8 Å². The van der Waals surface area contributed by atoms with Gasteiger partial charge in [0.1, 0.15) is 5.56 Å². The summed E-state index contributed by atoms with van der Waals surface area (Å²) in [7, 11) is 4.63. The Hall–Kier alpha value is -3.09. The second-order valence-electron chi connectivity index (χ2n) is 5.09. The number of ether oxygens (including phenoxy) is 2. The third-order valence-electron chi connectivity index (χ3n) is 3.57. The molecule has 1 amide bonds. The summed E-state index contributed by atoms with van der Waals surface area (Å²) in [5.41, 5.74) is 0.574. The molecule has 0 aliphatic heterocycles. The third-order valence-corrected chi connectivity index (χ3v) is 3.57. The number of rotatable bonds is 6. The molecule has 0 unspecified atom stereocenters. The summed E-state index contributed by atoms with van der Waals surface area (Å²) < 4.78 is 10.6. The van der Waals surface area contributed by atoms with Crippen molar-refractivity contribution in [1.29, 1.82) is 0 Å². The summed E-state index contributed by atoms with van der Waals surface area (Å²) in [5.74, 6) is 0.649. The van der Waals surface area contributed by atoms with Crippen LogP contribution in [0, 0.1) is 10.1 Å². The van der Waals surface area contributed by atoms with E-state index in [0.29, 0.717) is 11.5 Å². The number of nitrogens with zero attached hydrogens (tertiary/aromatic N) is 2. The minimum absolute atomic E-state index is 0.0480. The van der Waals surface area contributed by atoms with Crippen molar-refractivity contribution in [2.75, 3.05) is 21.3 Å². The molecular formula is C17H18N2O5. The lowest BCUT2D eigenvalue weighted by atomic mass is 10.1. The van der Waals surface area contributed by atoms with E-state index in [0.717, 1.165) is 5.56 Å². The first-order valence-corrected chi connectivity index (χ1v) is 7.18. The zero-order chi connectivity index (χ0) is 17.7. The fraction of sp³-hybridized carbons (Fsp3) is 0.235. The summed E-state index contributed by atoms with van der Waals surface area (Å²) >= 11 is 0. The van der Waals surface area contributed by atoms with Crippen molar-refractivity contribution in [2.45, 2.75) is 6.54 Å². The molecule has 0 aromatic heterocycles. The number of hydrogen-bond acceptors (Lipinski definition) is 5. The van der Waals surface area contributed by atoms with E-state index in [9.17, 15) is 14.9 Å². The maximum atomic E-state index is 12.6. The molecule has 0 saturated carbocycles. The SMILES string of the molecule is COc1cccc(CN(C)C(=O)c2ccccc2[N+](=O)[O-])c1OC. The van der Waals surface area contributed by atoms with Gasteiger partial charge in [-0.15, -0.1) is 0 Å². The van der Waals surface area contributed by atoms with E-state index in [1.807, 2.05) is 6.07 Å². The zero-order valence-corrected chi connectivity index (χ0v) is 13.7. The van der Waals surface area contributed by atoms with Crippen LogP contribution in [0.15, 0.2) is 42.5 Å². The molecule has 0 radical (unpaired) electrons. The van der Waals surface area contributed by atoms with Crippen molar-refractivity contribution in [3.05, 3.63) is 63.7 Å². The monoisotopic (exact) mass is 330 g/mol. The molecule has 0 aliphatic rings. The second kappa shape index (κ2) is 7.45. The number of hydrogen-bond donors (Lipinski definition) is 0. The highest BCUT2D eigenvalue weighted by molar-refractivity contribution is 5.97. The van der Waals surface area contributed by atoms with Crippen LogP contribution in [0.2, 0.25) is 0 Å². The average Bonchev–Trinajstić information content (AvgIpc) is 2.60. The largest absolute Gasteiger partial charge is 0.493 e. The molecule has 0 N–H and O–H groups in total. The highest BCUT2D eigenvalue weighted by Gasteiger charge is 2.23. The predicted octanol–water partition coefficient (Wildman–Crippen LogP) is 2.88. The molecule has 0 saturated heterocycles. The van der Waals surface area contributed by atoms with Crippen molar-refractivity contribution in [1.82, 2.24) is 4.90 Å². The van der Waals surface area contributed by atoms with Gasteiger partial charge in [-0.3, -0.25) is 14.9 Å². The Morgan fingerprint density at radius 3 is 2.46 bits per heavy atom. The fourth-order valence-corrected chi connectivity index (χ4v) is 2.42. The molecule has 24 heavy (non-hydrogen) atoms. The maximum Gasteiger partial charge on any atom is 0.282 e. The van der Waals surface area contributed by atoms with Gasteiger partial charge in [0.25, 0.3) is 11.6 Å². The van der Waals surface area contributed by atoms with E-state index in [1.54, 1.807) is 25.2 Å². The molecule has 126 valence electrons. The van der Waals surface area contributed by atoms with Crippen LogP contribution in [0.1, 0.15) is 15.9 Å². The lowest BCUT2D eigenvalue weighted by Gasteiger charge is -2.20. The Balaban J connectivity index is 2.29. The number of amides is 1. The summed E-state index contributed by atoms with van der Waals surface area (Å²) in [4.78, 5) is 24.5. The topological polar surface area (TPSA) is 81.9 Å². The Kier molecular flexibility index (Phi) is 5.36. The van der Waals surface area contributed by atoms with Crippen molar-refractivity contribution < 1.29 is 19.2 Å². The van der Waals surface area contributed by atoms with Crippen LogP contribution in [0.4, 0.5) is 5.69 Å². The van der Waals surface area contributed by atoms with Gasteiger partial charge in [0.05, 0.1) is 19.1 Å². The molecule has 0 bridgehead atoms. The van der Waals surface area contributed by atoms with Gasteiger partial charge in [-0.25, -0.2) is 0 Å². The van der Waals surface area contributed by atoms with Gasteiger partial charge in [-0.2, -0.15) is 0 Å². The fourth-order valence-electron chi connectivity index (χ4n) is 2.42. The summed E-state index contributed by atoms with van der Waals surface area (Å²) in [5, 5.41) is 11.1. The lowest BCUT2D eigenvalue weighted by Crippen LogP contribution is -2.27. The highest BCUT2D eigenvalue weighted by Crippen LogP contribution is 2.31. The normalized spacial score (nSPS) is 10.1. The first-order chi connectivity index (χ1) is 11.5. The van der Waals surface area contributed by atoms with Gasteiger partial charge in [-0.1, -0.05) is 24.3 Å². The number of nitro benzene ring substituents is 1. The number of carbonyl (C=O) groups is 1. The predicted molar refractivity (Wildman–Crippen MR) is 88.4 cm³/mol. The van der Waals surface area contributed by atoms with Crippen molar-refractivity contribution in [2.24, 2.45) is 0 Å². The molecule has 2 aromatic carbocycles. The van der Waals surface area contributed by atoms with Crippen LogP contribution < -0.4 is 9.47 Å². The van der Waals surface area contributed by atoms with Gasteiger partial charge < -0.3 is 14.4 Å². The lowest BCUT2D eigenvalue weighted by molar-refractivity contribution is -0.385. The van der Waals surface area contributed by atoms with Crippen LogP contribution in [0.3, 0.4) is 0 Å². The minimum atomic E-state index is -0.562. The molecule has 2 aromatic rings. The summed E-state index contributed by atoms with van der Waals surface area (Å²) in [6.07, 6.45) is 0. The molecule has 0 heterocycles. The minimum Gasteiger partial charge on any atom is -0.493 e. The van der Waals surface area contributed by atoms with Crippen LogP contribution >= 0.6 is 0 Å². The van der Waals surface area contributed by atoms with Crippen LogP contribution in [-0.4, -0.2) is 37.0 Å². The number of methoxy groups -OCH3 is 2. The number of carbonyl (C=O) groups excluding carboxylic acids is 1. The molecule has 0 aliphatic carbocycles. The number of nitro groups is 1. The van der Waals surface area contributed by atoms with E-state index in [4.69, 9.17) is 9.47 Å². The quantitative estimate of drug-likeness (QED) is 0.601. The van der Waals surface area contributed by atoms with Crippen molar-refractivity contribution >= 4 is 11.6 Å². The Labute approximate surface area is 139 Å². The average molecular weight is 330 g/mol. The first-order valence-electron chi connectivity index (χ1n) is 7.18. The van der Waals surface area contributed by atoms with Gasteiger partial charge in [0.2, 0.25) is 0 Å². The molecule has 2 rings (SSSR count). The molecule has 0 fully saturated rings. The molecule has 0 spiro atoms. The molecular weight excluding hydrogens is 312 g/mol. The summed E-state index contributed by atoms with van der Waals surface area (Å²) in [6.45, 7) is 0.227. The van der Waals surface area contributed by atoms with Crippen molar-refractivity contribution in [3.8, 4) is 11.5 Å². The first kappa shape index (κ1) is 17.3. The van der Waals surface area contributed by atoms with Crippen LogP contribution in [-0.2, 0) is 6.54 Å². The van der Waals surface area contributed by atoms with Crippen molar-refractivity contribution in [3.63, 3.8) is 0 Å². The maximum absolute atomic E-state index is 12.6. The van der Waals surface area contributed by atoms with Gasteiger partial charge >= 0.3 is 0 Å². The number of para-hydroxylation sites is 2. The Morgan fingerprint density at radius 2 is 1.83 bits per heavy atom. The molecule has 0 atom stereocenters. The standard InChI is InChI=1S/C17H18N2O5/c1-18(11-12-7-6-10-15(23-2)16(12)24-3)17(20)13-8-4-5-9-14(13)19(21)22/h4-10H,11H2,1-3H3. The van der Waals surface area contributed by atoms with Crippen LogP contribution in [0.25, 0.3) is 0 Å². The molecule has 7 nitrogen and oxygen atoms in total. The third kappa shape index (κ3) is 3.45. The van der Waals surface area contributed by atoms with E-state index in [2.05, 4.69) is 0 Å².